The first-order valence-corrected chi connectivity index (χ1v) is 11.5. The molecule has 148 valence electrons. The summed E-state index contributed by atoms with van der Waals surface area (Å²) in [4.78, 5) is 0. The van der Waals surface area contributed by atoms with Crippen LogP contribution in [0.4, 0.5) is 5.69 Å². The van der Waals surface area contributed by atoms with Crippen LogP contribution >= 0.6 is 7.60 Å². The zero-order valence-corrected chi connectivity index (χ0v) is 17.6. The minimum atomic E-state index is -3.40. The second kappa shape index (κ2) is 11.3. The number of rotatable bonds is 12. The second-order valence-corrected chi connectivity index (χ2v) is 8.85. The molecular formula is C22H32NO3P. The predicted octanol–water partition coefficient (Wildman–Crippen LogP) is 6.93. The third kappa shape index (κ3) is 6.80. The molecule has 4 nitrogen and oxygen atoms in total. The molecular weight excluding hydrogens is 357 g/mol. The number of hydrogen-bond acceptors (Lipinski definition) is 4. The molecule has 1 unspecified atom stereocenters. The summed E-state index contributed by atoms with van der Waals surface area (Å²) in [6, 6.07) is 17.8. The van der Waals surface area contributed by atoms with Crippen LogP contribution in [0.3, 0.4) is 0 Å². The quantitative estimate of drug-likeness (QED) is 0.316. The fourth-order valence-electron chi connectivity index (χ4n) is 2.64. The van der Waals surface area contributed by atoms with E-state index in [9.17, 15) is 4.57 Å². The molecule has 2 rings (SSSR count). The molecule has 0 spiro atoms. The van der Waals surface area contributed by atoms with Crippen molar-refractivity contribution in [2.24, 2.45) is 0 Å². The van der Waals surface area contributed by atoms with Gasteiger partial charge < -0.3 is 14.4 Å². The van der Waals surface area contributed by atoms with Crippen LogP contribution in [0.1, 0.15) is 56.4 Å². The molecule has 5 heteroatoms. The lowest BCUT2D eigenvalue weighted by Gasteiger charge is -2.29. The van der Waals surface area contributed by atoms with E-state index in [4.69, 9.17) is 9.05 Å². The number of nitrogens with one attached hydrogen (secondary N) is 1. The van der Waals surface area contributed by atoms with Gasteiger partial charge in [0.25, 0.3) is 0 Å². The molecule has 2 aromatic carbocycles. The minimum absolute atomic E-state index is 0.429. The van der Waals surface area contributed by atoms with Gasteiger partial charge >= 0.3 is 7.60 Å². The Morgan fingerprint density at radius 1 is 0.889 bits per heavy atom. The van der Waals surface area contributed by atoms with Crippen LogP contribution in [0.15, 0.2) is 54.6 Å². The van der Waals surface area contributed by atoms with Gasteiger partial charge in [-0.1, -0.05) is 74.7 Å². The predicted molar refractivity (Wildman–Crippen MR) is 113 cm³/mol. The maximum Gasteiger partial charge on any atom is 0.357 e. The summed E-state index contributed by atoms with van der Waals surface area (Å²) in [5.41, 5.74) is 2.95. The summed E-state index contributed by atoms with van der Waals surface area (Å²) in [5, 5.41) is 3.40. The third-order valence-electron chi connectivity index (χ3n) is 4.32. The Hall–Kier alpha value is -1.61. The van der Waals surface area contributed by atoms with Gasteiger partial charge in [0.05, 0.1) is 13.2 Å². The van der Waals surface area contributed by atoms with E-state index in [-0.39, 0.29) is 0 Å². The first-order chi connectivity index (χ1) is 13.1. The number of benzene rings is 2. The van der Waals surface area contributed by atoms with Crippen molar-refractivity contribution in [1.29, 1.82) is 0 Å². The lowest BCUT2D eigenvalue weighted by molar-refractivity contribution is 0.194. The standard InChI is InChI=1S/C22H32NO3P/c1-4-6-17-25-27(24,26-18-7-5-2)22(20-15-13-19(3)14-16-20)23-21-11-9-8-10-12-21/h8-16,22-23H,4-7,17-18H2,1-3H3. The van der Waals surface area contributed by atoms with Crippen molar-refractivity contribution in [2.45, 2.75) is 52.2 Å². The summed E-state index contributed by atoms with van der Waals surface area (Å²) in [6.07, 6.45) is 3.67. The molecule has 0 radical (unpaired) electrons. The molecule has 0 amide bonds. The van der Waals surface area contributed by atoms with E-state index in [0.717, 1.165) is 42.5 Å². The number of aryl methyl sites for hydroxylation is 1. The molecule has 1 N–H and O–H groups in total. The second-order valence-electron chi connectivity index (χ2n) is 6.74. The van der Waals surface area contributed by atoms with Crippen molar-refractivity contribution >= 4 is 13.3 Å². The molecule has 2 aromatic rings. The summed E-state index contributed by atoms with van der Waals surface area (Å²) in [5.74, 6) is -0.547. The smallest absolute Gasteiger partial charge is 0.357 e. The maximum absolute atomic E-state index is 13.8. The monoisotopic (exact) mass is 389 g/mol. The highest BCUT2D eigenvalue weighted by Crippen LogP contribution is 2.61. The molecule has 0 bridgehead atoms. The summed E-state index contributed by atoms with van der Waals surface area (Å²) >= 11 is 0. The molecule has 0 aliphatic carbocycles. The van der Waals surface area contributed by atoms with Crippen LogP contribution in [0, 0.1) is 6.92 Å². The van der Waals surface area contributed by atoms with E-state index in [1.54, 1.807) is 0 Å². The average molecular weight is 389 g/mol. The Balaban J connectivity index is 2.34. The molecule has 0 aliphatic rings. The summed E-state index contributed by atoms with van der Waals surface area (Å²) in [6.45, 7) is 7.08. The van der Waals surface area contributed by atoms with Gasteiger partial charge in [0, 0.05) is 5.69 Å². The molecule has 1 atom stereocenters. The highest BCUT2D eigenvalue weighted by molar-refractivity contribution is 7.54. The van der Waals surface area contributed by atoms with Crippen LogP contribution < -0.4 is 5.32 Å². The fraction of sp³-hybridized carbons (Fsp3) is 0.455. The lowest BCUT2D eigenvalue weighted by atomic mass is 10.1. The fourth-order valence-corrected chi connectivity index (χ4v) is 4.63. The first kappa shape index (κ1) is 21.7. The summed E-state index contributed by atoms with van der Waals surface area (Å²) in [7, 11) is -3.40. The van der Waals surface area contributed by atoms with Crippen LogP contribution in [-0.4, -0.2) is 13.2 Å². The van der Waals surface area contributed by atoms with Crippen LogP contribution in [0.2, 0.25) is 0 Å². The number of anilines is 1. The van der Waals surface area contributed by atoms with E-state index in [2.05, 4.69) is 19.2 Å². The van der Waals surface area contributed by atoms with Gasteiger partial charge in [-0.25, -0.2) is 0 Å². The number of para-hydroxylation sites is 1. The Morgan fingerprint density at radius 2 is 1.44 bits per heavy atom. The number of hydrogen-bond donors (Lipinski definition) is 1. The van der Waals surface area contributed by atoms with Gasteiger partial charge in [0.2, 0.25) is 0 Å². The van der Waals surface area contributed by atoms with E-state index in [0.29, 0.717) is 13.2 Å². The first-order valence-electron chi connectivity index (χ1n) is 9.86. The molecule has 0 saturated heterocycles. The van der Waals surface area contributed by atoms with E-state index in [1.165, 1.54) is 0 Å². The van der Waals surface area contributed by atoms with Crippen LogP contribution in [0.25, 0.3) is 0 Å². The molecule has 0 fully saturated rings. The Kier molecular flexibility index (Phi) is 9.06. The van der Waals surface area contributed by atoms with Crippen molar-refractivity contribution in [3.63, 3.8) is 0 Å². The van der Waals surface area contributed by atoms with Crippen molar-refractivity contribution in [1.82, 2.24) is 0 Å². The Bertz CT molecular complexity index is 689. The summed E-state index contributed by atoms with van der Waals surface area (Å²) < 4.78 is 25.7. The van der Waals surface area contributed by atoms with Gasteiger partial charge in [-0.2, -0.15) is 0 Å². The third-order valence-corrected chi connectivity index (χ3v) is 6.47. The number of unbranched alkanes of at least 4 members (excludes halogenated alkanes) is 2. The van der Waals surface area contributed by atoms with Gasteiger partial charge in [0.15, 0.2) is 5.78 Å². The normalized spacial score (nSPS) is 12.7. The molecule has 0 heterocycles. The molecule has 0 saturated carbocycles. The Morgan fingerprint density at radius 3 is 1.96 bits per heavy atom. The highest BCUT2D eigenvalue weighted by atomic mass is 31.2. The lowest BCUT2D eigenvalue weighted by Crippen LogP contribution is -2.16. The maximum atomic E-state index is 13.8. The van der Waals surface area contributed by atoms with Crippen molar-refractivity contribution in [3.8, 4) is 0 Å². The van der Waals surface area contributed by atoms with E-state index < -0.39 is 13.4 Å². The van der Waals surface area contributed by atoms with Crippen molar-refractivity contribution < 1.29 is 13.6 Å². The van der Waals surface area contributed by atoms with Gasteiger partial charge in [0.1, 0.15) is 0 Å². The Labute approximate surface area is 163 Å². The van der Waals surface area contributed by atoms with Crippen molar-refractivity contribution in [3.05, 3.63) is 65.7 Å². The average Bonchev–Trinajstić information content (AvgIpc) is 2.68. The minimum Gasteiger partial charge on any atom is -0.368 e. The topological polar surface area (TPSA) is 47.6 Å². The van der Waals surface area contributed by atoms with Gasteiger partial charge in [-0.05, 0) is 37.5 Å². The zero-order valence-electron chi connectivity index (χ0n) is 16.7. The van der Waals surface area contributed by atoms with Crippen LogP contribution in [-0.2, 0) is 13.6 Å². The largest absolute Gasteiger partial charge is 0.368 e. The SMILES string of the molecule is CCCCOP(=O)(OCCCC)C(Nc1ccccc1)c1ccc(C)cc1. The zero-order chi connectivity index (χ0) is 19.5. The molecule has 0 aliphatic heterocycles. The van der Waals surface area contributed by atoms with E-state index >= 15 is 0 Å². The van der Waals surface area contributed by atoms with E-state index in [1.807, 2.05) is 61.5 Å². The highest BCUT2D eigenvalue weighted by Gasteiger charge is 2.37. The van der Waals surface area contributed by atoms with Crippen molar-refractivity contribution in [2.75, 3.05) is 18.5 Å². The van der Waals surface area contributed by atoms with Crippen LogP contribution in [0.5, 0.6) is 0 Å². The van der Waals surface area contributed by atoms with Gasteiger partial charge in [-0.3, -0.25) is 4.57 Å². The van der Waals surface area contributed by atoms with Gasteiger partial charge in [-0.15, -0.1) is 0 Å². The molecule has 27 heavy (non-hydrogen) atoms. The molecule has 0 aromatic heterocycles.